The predicted molar refractivity (Wildman–Crippen MR) is 267 cm³/mol. The molecule has 7 aromatic carbocycles. The van der Waals surface area contributed by atoms with Gasteiger partial charge in [-0.15, -0.1) is 28.8 Å². The molecule has 1 aliphatic rings. The van der Waals surface area contributed by atoms with E-state index in [1.165, 1.54) is 105 Å². The van der Waals surface area contributed by atoms with Crippen molar-refractivity contribution in [3.8, 4) is 33.4 Å². The zero-order chi connectivity index (χ0) is 44.8. The van der Waals surface area contributed by atoms with E-state index in [1.807, 2.05) is 78.9 Å². The first-order chi connectivity index (χ1) is 29.5. The molecule has 0 saturated carbocycles. The number of hydrogen-bond acceptors (Lipinski definition) is 0. The minimum absolute atomic E-state index is 0. The number of benzene rings is 6. The fourth-order valence-corrected chi connectivity index (χ4v) is 9.41. The molecule has 7 aromatic rings. The van der Waals surface area contributed by atoms with Crippen LogP contribution in [-0.2, 0) is 41.5 Å². The van der Waals surface area contributed by atoms with Crippen molar-refractivity contribution in [2.45, 2.75) is 111 Å². The van der Waals surface area contributed by atoms with Gasteiger partial charge in [0, 0.05) is 0 Å². The van der Waals surface area contributed by atoms with Crippen molar-refractivity contribution < 1.29 is 49.0 Å². The zero-order valence-corrected chi connectivity index (χ0v) is 44.6. The van der Waals surface area contributed by atoms with Crippen LogP contribution in [0.1, 0.15) is 138 Å². The first-order valence-electron chi connectivity index (χ1n) is 22.2. The van der Waals surface area contributed by atoms with Crippen molar-refractivity contribution in [1.29, 1.82) is 0 Å². The van der Waals surface area contributed by atoms with Crippen molar-refractivity contribution >= 4 is 26.4 Å². The Labute approximate surface area is 422 Å². The van der Waals surface area contributed by atoms with E-state index in [-0.39, 0.29) is 35.6 Å². The molecule has 1 aliphatic carbocycles. The van der Waals surface area contributed by atoms with E-state index in [2.05, 4.69) is 142 Å². The number of fused-ring (bicyclic) bond motifs is 3. The molecule has 0 amide bonds. The van der Waals surface area contributed by atoms with E-state index in [0.29, 0.717) is 11.8 Å². The topological polar surface area (TPSA) is 0 Å². The first-order valence-corrected chi connectivity index (χ1v) is 24.2. The first kappa shape index (κ1) is 53.2. The molecule has 64 heavy (non-hydrogen) atoms. The molecule has 0 aliphatic heterocycles. The van der Waals surface area contributed by atoms with Gasteiger partial charge in [0.15, 0.2) is 0 Å². The monoisotopic (exact) mass is 1000 g/mol. The van der Waals surface area contributed by atoms with Crippen molar-refractivity contribution in [2.75, 3.05) is 0 Å². The molecule has 332 valence electrons. The third-order valence-corrected chi connectivity index (χ3v) is 14.2. The molecular formula is C59H62Cl4Zr-2. The molecular weight excluding hydrogens is 942 g/mol. The molecule has 5 heteroatoms. The van der Waals surface area contributed by atoms with Crippen LogP contribution in [0.15, 0.2) is 146 Å². The molecule has 0 saturated heterocycles. The van der Waals surface area contributed by atoms with Crippen LogP contribution < -0.4 is 24.8 Å². The molecule has 2 atom stereocenters. The summed E-state index contributed by atoms with van der Waals surface area (Å²) in [4.78, 5) is 0. The SMILES string of the molecule is CCC(C)c1ccccc1-c1[c-]c2c(cc1C(C)(C)C)-c1cc(C(C)(C)C)c(-c3ccccc3C(C)CC)cc1C2.Clc1ccc([C](=[Zr+2])c2ccc(Cl)cc2)cc1.[Cl-].[Cl-].c1cc[cH-]c1. The van der Waals surface area contributed by atoms with Crippen LogP contribution in [-0.4, -0.2) is 3.21 Å². The molecule has 0 bridgehead atoms. The van der Waals surface area contributed by atoms with E-state index in [1.54, 1.807) is 0 Å². The van der Waals surface area contributed by atoms with Gasteiger partial charge in [-0.2, -0.15) is 18.2 Å². The van der Waals surface area contributed by atoms with Gasteiger partial charge in [-0.25, -0.2) is 12.1 Å². The maximum Gasteiger partial charge on any atom is -0.172 e. The average molecular weight is 1000 g/mol. The standard InChI is InChI=1S/C41H49.C13H8Cl2.C5H5.2ClH.Zr/c1-11-26(3)30-17-13-15-19-32(30)36-22-28-21-29-23-37(33-20-16-14-18-31(33)27(4)12-2)39(41(8,9)10)25-35(29)34(28)24-38(36)40(5,6)7;14-12-5-1-10(2-6-12)9-11-3-7-13(15)8-4-11;1-2-4-5-3-1;;;/h13-20,22,24-27H,11-12,21H2,1-10H3;1-8H;1-5H;2*1H;/q-1;;-1;;;+2/p-2. The summed E-state index contributed by atoms with van der Waals surface area (Å²) in [5, 5.41) is 1.53. The Morgan fingerprint density at radius 1 is 0.578 bits per heavy atom. The van der Waals surface area contributed by atoms with Gasteiger partial charge in [0.25, 0.3) is 0 Å². The predicted octanol–water partition coefficient (Wildman–Crippen LogP) is 11.5. The van der Waals surface area contributed by atoms with Crippen molar-refractivity contribution in [2.24, 2.45) is 0 Å². The van der Waals surface area contributed by atoms with Crippen molar-refractivity contribution in [1.82, 2.24) is 0 Å². The Balaban J connectivity index is 0.000000321. The Bertz CT molecular complexity index is 2400. The third-order valence-electron chi connectivity index (χ3n) is 12.3. The van der Waals surface area contributed by atoms with Crippen LogP contribution >= 0.6 is 23.2 Å². The second kappa shape index (κ2) is 23.3. The molecule has 2 unspecified atom stereocenters. The number of halogens is 4. The van der Waals surface area contributed by atoms with Gasteiger partial charge in [-0.1, -0.05) is 159 Å². The van der Waals surface area contributed by atoms with Crippen LogP contribution in [0.2, 0.25) is 10.0 Å². The van der Waals surface area contributed by atoms with Crippen LogP contribution in [0.25, 0.3) is 33.4 Å². The fourth-order valence-electron chi connectivity index (χ4n) is 8.33. The van der Waals surface area contributed by atoms with Gasteiger partial charge in [-0.3, -0.25) is 0 Å². The molecule has 0 heterocycles. The molecule has 0 fully saturated rings. The summed E-state index contributed by atoms with van der Waals surface area (Å²) in [6.07, 6.45) is 3.22. The van der Waals surface area contributed by atoms with Crippen LogP contribution in [0.3, 0.4) is 0 Å². The van der Waals surface area contributed by atoms with Crippen LogP contribution in [0.4, 0.5) is 0 Å². The minimum Gasteiger partial charge on any atom is -1.00 e. The summed E-state index contributed by atoms with van der Waals surface area (Å²) in [6, 6.07) is 55.5. The minimum atomic E-state index is 0. The molecule has 0 radical (unpaired) electrons. The van der Waals surface area contributed by atoms with Crippen molar-refractivity contribution in [3.63, 3.8) is 0 Å². The number of hydrogen-bond donors (Lipinski definition) is 0. The zero-order valence-electron chi connectivity index (χ0n) is 39.1. The van der Waals surface area contributed by atoms with E-state index >= 15 is 0 Å². The third kappa shape index (κ3) is 12.7. The van der Waals surface area contributed by atoms with Gasteiger partial charge >= 0.3 is 120 Å². The fraction of sp³-hybridized carbons (Fsp3) is 0.288. The average Bonchev–Trinajstić information content (AvgIpc) is 3.97. The Kier molecular flexibility index (Phi) is 19.4. The molecule has 8 rings (SSSR count). The Morgan fingerprint density at radius 2 is 1.03 bits per heavy atom. The van der Waals surface area contributed by atoms with E-state index < -0.39 is 0 Å². The summed E-state index contributed by atoms with van der Waals surface area (Å²) >= 11 is 13.1. The smallest absolute Gasteiger partial charge is 0.172 e. The van der Waals surface area contributed by atoms with E-state index in [4.69, 9.17) is 23.2 Å². The van der Waals surface area contributed by atoms with Gasteiger partial charge in [0.2, 0.25) is 0 Å². The van der Waals surface area contributed by atoms with Gasteiger partial charge in [0.1, 0.15) is 0 Å². The summed E-state index contributed by atoms with van der Waals surface area (Å²) in [5.41, 5.74) is 19.2. The Morgan fingerprint density at radius 3 is 1.48 bits per heavy atom. The molecule has 0 nitrogen and oxygen atoms in total. The number of rotatable bonds is 8. The molecule has 0 aromatic heterocycles. The Hall–Kier alpha value is -3.42. The van der Waals surface area contributed by atoms with Gasteiger partial charge in [-0.05, 0) is 63.3 Å². The summed E-state index contributed by atoms with van der Waals surface area (Å²) in [5.74, 6) is 1.04. The summed E-state index contributed by atoms with van der Waals surface area (Å²) < 4.78 is 1.31. The normalized spacial score (nSPS) is 12.5. The summed E-state index contributed by atoms with van der Waals surface area (Å²) in [7, 11) is 0. The largest absolute Gasteiger partial charge is 1.00 e. The van der Waals surface area contributed by atoms with Gasteiger partial charge in [0.05, 0.1) is 0 Å². The maximum absolute atomic E-state index is 5.86. The van der Waals surface area contributed by atoms with Crippen LogP contribution in [0, 0.1) is 6.07 Å². The maximum atomic E-state index is 5.86. The van der Waals surface area contributed by atoms with E-state index in [0.717, 1.165) is 29.3 Å². The van der Waals surface area contributed by atoms with E-state index in [9.17, 15) is 0 Å². The summed E-state index contributed by atoms with van der Waals surface area (Å²) in [6.45, 7) is 23.4. The quantitative estimate of drug-likeness (QED) is 0.133. The molecule has 0 spiro atoms. The van der Waals surface area contributed by atoms with Crippen LogP contribution in [0.5, 0.6) is 0 Å². The molecule has 0 N–H and O–H groups in total. The van der Waals surface area contributed by atoms with Crippen molar-refractivity contribution in [3.05, 3.63) is 206 Å². The van der Waals surface area contributed by atoms with Gasteiger partial charge < -0.3 is 24.8 Å². The second-order valence-electron chi connectivity index (χ2n) is 18.8. The second-order valence-corrected chi connectivity index (χ2v) is 20.9.